The summed E-state index contributed by atoms with van der Waals surface area (Å²) in [5, 5.41) is 14.7. The van der Waals surface area contributed by atoms with Crippen molar-refractivity contribution in [2.45, 2.75) is 57.3 Å². The molecule has 1 aromatic heterocycles. The summed E-state index contributed by atoms with van der Waals surface area (Å²) in [5.41, 5.74) is 0.246. The number of benzene rings is 2. The standard InChI is InChI=1S/C17H17ClFNO4.C10H14O4.C7H4BrClFNO/c1-22-17(21)15-13(9-10-5-2-3-8-23-10)24-20-16(15)14-11(18)6-4-7-12(14)19;1-12-9(11)5-4-8-14-10-6-2-3-7-13-10;8-4-1-2-5(6(10)3-4)7(9)11-12/h4,6-7,10H,2-3,5,8-9H2,1H3;10H,2-3,6-8H2,1H3;1-3,12H/b;;11-7-. The molecule has 3 heterocycles. The van der Waals surface area contributed by atoms with Gasteiger partial charge in [0.2, 0.25) is 0 Å². The molecule has 3 aromatic rings. The van der Waals surface area contributed by atoms with E-state index in [2.05, 4.69) is 42.8 Å². The maximum Gasteiger partial charge on any atom is 0.384 e. The monoisotopic (exact) mass is 802 g/mol. The average molecular weight is 804 g/mol. The van der Waals surface area contributed by atoms with Crippen molar-refractivity contribution in [1.82, 2.24) is 5.16 Å². The SMILES string of the molecule is COC(=O)C#CCOC1CCCCO1.COC(=O)c1c(-c2c(F)cccc2Cl)noc1CC1CCCCO1.O/N=C(\Cl)c1ccc(Br)cc1F. The molecule has 2 aliphatic heterocycles. The Bertz CT molecular complexity index is 1650. The number of rotatable bonds is 7. The highest BCUT2D eigenvalue weighted by Gasteiger charge is 2.30. The lowest BCUT2D eigenvalue weighted by molar-refractivity contribution is -0.154. The van der Waals surface area contributed by atoms with E-state index >= 15 is 0 Å². The maximum atomic E-state index is 14.2. The van der Waals surface area contributed by atoms with Crippen molar-refractivity contribution in [1.29, 1.82) is 0 Å². The van der Waals surface area contributed by atoms with Crippen LogP contribution in [0.2, 0.25) is 5.02 Å². The van der Waals surface area contributed by atoms with Gasteiger partial charge >= 0.3 is 11.9 Å². The summed E-state index contributed by atoms with van der Waals surface area (Å²) in [6.07, 6.45) is 6.23. The van der Waals surface area contributed by atoms with Gasteiger partial charge in [0.1, 0.15) is 29.5 Å². The fraction of sp³-hybridized carbons (Fsp3) is 0.412. The number of oxime groups is 1. The predicted octanol–water partition coefficient (Wildman–Crippen LogP) is 7.70. The van der Waals surface area contributed by atoms with Gasteiger partial charge in [0, 0.05) is 30.0 Å². The minimum absolute atomic E-state index is 0.0270. The number of carbonyl (C=O) groups excluding carboxylic acids is 2. The minimum atomic E-state index is -0.642. The van der Waals surface area contributed by atoms with Crippen LogP contribution in [0.25, 0.3) is 11.3 Å². The highest BCUT2D eigenvalue weighted by atomic mass is 79.9. The van der Waals surface area contributed by atoms with Crippen LogP contribution >= 0.6 is 39.1 Å². The first-order valence-electron chi connectivity index (χ1n) is 15.3. The van der Waals surface area contributed by atoms with Gasteiger partial charge in [-0.3, -0.25) is 0 Å². The highest BCUT2D eigenvalue weighted by molar-refractivity contribution is 9.10. The van der Waals surface area contributed by atoms with Crippen molar-refractivity contribution < 1.29 is 51.8 Å². The second-order valence-corrected chi connectivity index (χ2v) is 12.2. The van der Waals surface area contributed by atoms with E-state index < -0.39 is 23.6 Å². The van der Waals surface area contributed by atoms with Crippen LogP contribution in [0.3, 0.4) is 0 Å². The number of nitrogens with zero attached hydrogens (tertiary/aromatic N) is 2. The summed E-state index contributed by atoms with van der Waals surface area (Å²) < 4.78 is 58.5. The predicted molar refractivity (Wildman–Crippen MR) is 183 cm³/mol. The Kier molecular flexibility index (Phi) is 17.6. The molecule has 2 atom stereocenters. The Balaban J connectivity index is 0.000000222. The molecule has 2 unspecified atom stereocenters. The molecule has 2 saturated heterocycles. The van der Waals surface area contributed by atoms with Gasteiger partial charge in [-0.15, -0.1) is 0 Å². The van der Waals surface area contributed by atoms with Crippen molar-refractivity contribution in [2.75, 3.05) is 34.0 Å². The van der Waals surface area contributed by atoms with Gasteiger partial charge < -0.3 is 33.4 Å². The molecule has 0 spiro atoms. The van der Waals surface area contributed by atoms with Crippen LogP contribution in [0, 0.1) is 23.5 Å². The van der Waals surface area contributed by atoms with E-state index in [1.807, 2.05) is 0 Å². The van der Waals surface area contributed by atoms with Crippen LogP contribution in [-0.4, -0.2) is 73.9 Å². The smallest absolute Gasteiger partial charge is 0.384 e. The lowest BCUT2D eigenvalue weighted by Gasteiger charge is -2.21. The van der Waals surface area contributed by atoms with E-state index in [1.165, 1.54) is 44.6 Å². The fourth-order valence-corrected chi connectivity index (χ4v) is 5.43. The van der Waals surface area contributed by atoms with Gasteiger partial charge in [-0.25, -0.2) is 18.4 Å². The first-order valence-corrected chi connectivity index (χ1v) is 16.9. The first kappa shape index (κ1) is 40.8. The van der Waals surface area contributed by atoms with Gasteiger partial charge in [0.25, 0.3) is 0 Å². The van der Waals surface area contributed by atoms with E-state index in [0.717, 1.165) is 45.1 Å². The van der Waals surface area contributed by atoms with Crippen LogP contribution in [0.1, 0.15) is 60.2 Å². The summed E-state index contributed by atoms with van der Waals surface area (Å²) in [6, 6.07) is 8.52. The number of aromatic nitrogens is 1. The van der Waals surface area contributed by atoms with E-state index in [1.54, 1.807) is 6.07 Å². The molecule has 2 fully saturated rings. The fourth-order valence-electron chi connectivity index (χ4n) is 4.69. The third-order valence-electron chi connectivity index (χ3n) is 7.14. The number of carbonyl (C=O) groups is 2. The van der Waals surface area contributed by atoms with E-state index in [9.17, 15) is 18.4 Å². The largest absolute Gasteiger partial charge is 0.465 e. The van der Waals surface area contributed by atoms with Crippen LogP contribution < -0.4 is 0 Å². The Morgan fingerprint density at radius 1 is 1.06 bits per heavy atom. The molecule has 5 rings (SSSR count). The zero-order valence-corrected chi connectivity index (χ0v) is 30.3. The third-order valence-corrected chi connectivity index (χ3v) is 8.22. The summed E-state index contributed by atoms with van der Waals surface area (Å²) in [5.74, 6) is 2.86. The number of ether oxygens (including phenoxy) is 5. The summed E-state index contributed by atoms with van der Waals surface area (Å²) in [4.78, 5) is 22.8. The summed E-state index contributed by atoms with van der Waals surface area (Å²) in [7, 11) is 2.55. The molecule has 16 heteroatoms. The Hall–Kier alpha value is -3.58. The van der Waals surface area contributed by atoms with Crippen molar-refractivity contribution >= 4 is 56.2 Å². The molecule has 0 amide bonds. The Labute approximate surface area is 306 Å². The molecule has 0 bridgehead atoms. The quantitative estimate of drug-likeness (QED) is 0.0632. The first-order chi connectivity index (χ1) is 24.1. The van der Waals surface area contributed by atoms with Crippen LogP contribution in [0.15, 0.2) is 50.5 Å². The topological polar surface area (TPSA) is 139 Å². The molecular weight excluding hydrogens is 769 g/mol. The molecule has 2 aliphatic rings. The van der Waals surface area contributed by atoms with E-state index in [4.69, 9.17) is 51.9 Å². The van der Waals surface area contributed by atoms with Gasteiger partial charge in [-0.2, -0.15) is 0 Å². The number of hydrogen-bond donors (Lipinski definition) is 1. The van der Waals surface area contributed by atoms with Gasteiger partial charge in [0.15, 0.2) is 17.2 Å². The highest BCUT2D eigenvalue weighted by Crippen LogP contribution is 2.35. The molecule has 50 heavy (non-hydrogen) atoms. The van der Waals surface area contributed by atoms with Gasteiger partial charge in [-0.05, 0) is 68.9 Å². The third kappa shape index (κ3) is 12.6. The average Bonchev–Trinajstić information content (AvgIpc) is 3.53. The van der Waals surface area contributed by atoms with Crippen molar-refractivity contribution in [3.05, 3.63) is 74.4 Å². The second kappa shape index (κ2) is 21.6. The molecule has 1 N–H and O–H groups in total. The number of halogens is 5. The molecule has 2 aromatic carbocycles. The van der Waals surface area contributed by atoms with E-state index in [0.29, 0.717) is 23.3 Å². The number of hydrogen-bond acceptors (Lipinski definition) is 11. The maximum absolute atomic E-state index is 14.2. The second-order valence-electron chi connectivity index (χ2n) is 10.5. The van der Waals surface area contributed by atoms with Crippen LogP contribution in [0.5, 0.6) is 0 Å². The van der Waals surface area contributed by atoms with Crippen molar-refractivity contribution in [3.8, 4) is 23.1 Å². The molecule has 270 valence electrons. The molecule has 0 aliphatic carbocycles. The molecule has 11 nitrogen and oxygen atoms in total. The minimum Gasteiger partial charge on any atom is -0.465 e. The lowest BCUT2D eigenvalue weighted by atomic mass is 10.00. The van der Waals surface area contributed by atoms with Crippen LogP contribution in [-0.2, 0) is 34.9 Å². The van der Waals surface area contributed by atoms with Gasteiger partial charge in [0.05, 0.1) is 36.5 Å². The zero-order chi connectivity index (χ0) is 36.5. The normalized spacial score (nSPS) is 17.1. The van der Waals surface area contributed by atoms with Crippen LogP contribution in [0.4, 0.5) is 8.78 Å². The number of esters is 2. The van der Waals surface area contributed by atoms with E-state index in [-0.39, 0.29) is 51.6 Å². The molecule has 0 saturated carbocycles. The summed E-state index contributed by atoms with van der Waals surface area (Å²) >= 11 is 14.6. The van der Waals surface area contributed by atoms with Crippen molar-refractivity contribution in [2.24, 2.45) is 5.16 Å². The Morgan fingerprint density at radius 2 is 1.80 bits per heavy atom. The summed E-state index contributed by atoms with van der Waals surface area (Å²) in [6.45, 7) is 1.63. The van der Waals surface area contributed by atoms with Crippen molar-refractivity contribution in [3.63, 3.8) is 0 Å². The lowest BCUT2D eigenvalue weighted by Crippen LogP contribution is -2.22. The molecule has 0 radical (unpaired) electrons. The van der Waals surface area contributed by atoms with Gasteiger partial charge in [-0.1, -0.05) is 61.4 Å². The number of methoxy groups -OCH3 is 2. The molecular formula is C34H35BrCl2F2N2O9. The zero-order valence-electron chi connectivity index (χ0n) is 27.2. The Morgan fingerprint density at radius 3 is 2.40 bits per heavy atom.